The van der Waals surface area contributed by atoms with Crippen LogP contribution in [-0.4, -0.2) is 29.0 Å². The summed E-state index contributed by atoms with van der Waals surface area (Å²) in [7, 11) is 0. The highest BCUT2D eigenvalue weighted by atomic mass is 16.3. The van der Waals surface area contributed by atoms with Gasteiger partial charge in [0.15, 0.2) is 0 Å². The van der Waals surface area contributed by atoms with Crippen molar-refractivity contribution in [2.24, 2.45) is 5.73 Å². The lowest BCUT2D eigenvalue weighted by atomic mass is 10.1. The zero-order valence-corrected chi connectivity index (χ0v) is 5.75. The van der Waals surface area contributed by atoms with Crippen LogP contribution in [0.1, 0.15) is 19.8 Å². The van der Waals surface area contributed by atoms with Crippen LogP contribution in [0.15, 0.2) is 0 Å². The Morgan fingerprint density at radius 2 is 1.89 bits per heavy atom. The molecule has 0 fully saturated rings. The molecule has 3 nitrogen and oxygen atoms in total. The molecule has 0 aliphatic carbocycles. The second kappa shape index (κ2) is 4.73. The number of aliphatic hydroxyl groups excluding tert-OH is 2. The molecular weight excluding hydrogens is 118 g/mol. The maximum atomic E-state index is 8.99. The lowest BCUT2D eigenvalue weighted by Gasteiger charge is -2.13. The first-order valence-electron chi connectivity index (χ1n) is 3.28. The summed E-state index contributed by atoms with van der Waals surface area (Å²) in [6, 6.07) is 0. The lowest BCUT2D eigenvalue weighted by molar-refractivity contribution is 0.0143. The fraction of sp³-hybridized carbons (Fsp3) is 1.00. The predicted molar refractivity (Wildman–Crippen MR) is 36.0 cm³/mol. The van der Waals surface area contributed by atoms with Gasteiger partial charge in [0.05, 0.1) is 12.2 Å². The standard InChI is InChI=1S/C6H15NO2/c1-2-5(8)6(9)3-4-7/h5-6,8-9H,2-4,7H2,1H3/t5-,6?/m1/s1. The molecule has 0 bridgehead atoms. The monoisotopic (exact) mass is 133 g/mol. The van der Waals surface area contributed by atoms with Gasteiger partial charge in [0.1, 0.15) is 0 Å². The first-order valence-corrected chi connectivity index (χ1v) is 3.28. The van der Waals surface area contributed by atoms with Crippen LogP contribution >= 0.6 is 0 Å². The summed E-state index contributed by atoms with van der Waals surface area (Å²) in [6.07, 6.45) is -0.176. The maximum Gasteiger partial charge on any atom is 0.0811 e. The number of hydrogen-bond donors (Lipinski definition) is 3. The molecule has 0 spiro atoms. The van der Waals surface area contributed by atoms with Gasteiger partial charge < -0.3 is 15.9 Å². The van der Waals surface area contributed by atoms with E-state index < -0.39 is 12.2 Å². The summed E-state index contributed by atoms with van der Waals surface area (Å²) in [6.45, 7) is 2.25. The van der Waals surface area contributed by atoms with E-state index in [1.54, 1.807) is 0 Å². The van der Waals surface area contributed by atoms with Crippen LogP contribution in [0.4, 0.5) is 0 Å². The van der Waals surface area contributed by atoms with Gasteiger partial charge >= 0.3 is 0 Å². The predicted octanol–water partition coefficient (Wildman–Crippen LogP) is -0.533. The molecule has 56 valence electrons. The van der Waals surface area contributed by atoms with E-state index in [9.17, 15) is 0 Å². The molecule has 3 heteroatoms. The molecule has 0 saturated heterocycles. The van der Waals surface area contributed by atoms with Crippen molar-refractivity contribution in [3.8, 4) is 0 Å². The highest BCUT2D eigenvalue weighted by Gasteiger charge is 2.11. The SMILES string of the molecule is CC[C@@H](O)C(O)CCN. The zero-order chi connectivity index (χ0) is 7.28. The molecule has 0 aromatic rings. The number of aliphatic hydroxyl groups is 2. The van der Waals surface area contributed by atoms with Crippen molar-refractivity contribution < 1.29 is 10.2 Å². The van der Waals surface area contributed by atoms with Gasteiger partial charge in [0.25, 0.3) is 0 Å². The zero-order valence-electron chi connectivity index (χ0n) is 5.75. The third-order valence-electron chi connectivity index (χ3n) is 1.32. The van der Waals surface area contributed by atoms with Gasteiger partial charge in [-0.25, -0.2) is 0 Å². The second-order valence-electron chi connectivity index (χ2n) is 2.12. The summed E-state index contributed by atoms with van der Waals surface area (Å²) in [5, 5.41) is 17.9. The largest absolute Gasteiger partial charge is 0.390 e. The van der Waals surface area contributed by atoms with E-state index in [1.165, 1.54) is 0 Å². The molecule has 4 N–H and O–H groups in total. The molecule has 1 unspecified atom stereocenters. The number of rotatable bonds is 4. The number of nitrogens with two attached hydrogens (primary N) is 1. The summed E-state index contributed by atoms with van der Waals surface area (Å²) in [5.74, 6) is 0. The van der Waals surface area contributed by atoms with E-state index in [4.69, 9.17) is 15.9 Å². The van der Waals surface area contributed by atoms with Gasteiger partial charge in [0, 0.05) is 0 Å². The summed E-state index contributed by atoms with van der Waals surface area (Å²) < 4.78 is 0. The smallest absolute Gasteiger partial charge is 0.0811 e. The van der Waals surface area contributed by atoms with Crippen LogP contribution in [0.25, 0.3) is 0 Å². The molecule has 0 amide bonds. The Morgan fingerprint density at radius 1 is 1.33 bits per heavy atom. The van der Waals surface area contributed by atoms with Gasteiger partial charge in [-0.1, -0.05) is 6.92 Å². The minimum Gasteiger partial charge on any atom is -0.390 e. The molecule has 0 aliphatic rings. The highest BCUT2D eigenvalue weighted by Crippen LogP contribution is 2.00. The molecule has 0 rings (SSSR count). The first kappa shape index (κ1) is 8.88. The van der Waals surface area contributed by atoms with Crippen LogP contribution in [0.3, 0.4) is 0 Å². The highest BCUT2D eigenvalue weighted by molar-refractivity contribution is 4.64. The maximum absolute atomic E-state index is 8.99. The molecule has 0 heterocycles. The Morgan fingerprint density at radius 3 is 2.22 bits per heavy atom. The fourth-order valence-corrected chi connectivity index (χ4v) is 0.635. The van der Waals surface area contributed by atoms with E-state index in [0.29, 0.717) is 19.4 Å². The van der Waals surface area contributed by atoms with Crippen LogP contribution < -0.4 is 5.73 Å². The lowest BCUT2D eigenvalue weighted by Crippen LogP contribution is -2.27. The van der Waals surface area contributed by atoms with E-state index in [0.717, 1.165) is 0 Å². The topological polar surface area (TPSA) is 66.5 Å². The van der Waals surface area contributed by atoms with Gasteiger partial charge in [0.2, 0.25) is 0 Å². The quantitative estimate of drug-likeness (QED) is 0.483. The van der Waals surface area contributed by atoms with Crippen molar-refractivity contribution in [1.29, 1.82) is 0 Å². The van der Waals surface area contributed by atoms with Gasteiger partial charge in [-0.2, -0.15) is 0 Å². The first-order chi connectivity index (χ1) is 4.22. The van der Waals surface area contributed by atoms with E-state index in [-0.39, 0.29) is 0 Å². The molecule has 9 heavy (non-hydrogen) atoms. The van der Waals surface area contributed by atoms with Crippen molar-refractivity contribution >= 4 is 0 Å². The van der Waals surface area contributed by atoms with Crippen molar-refractivity contribution in [3.63, 3.8) is 0 Å². The molecule has 0 radical (unpaired) electrons. The Balaban J connectivity index is 3.32. The minimum atomic E-state index is -0.639. The molecule has 2 atom stereocenters. The Kier molecular flexibility index (Phi) is 4.67. The van der Waals surface area contributed by atoms with Crippen LogP contribution in [0.2, 0.25) is 0 Å². The van der Waals surface area contributed by atoms with Crippen LogP contribution in [0, 0.1) is 0 Å². The van der Waals surface area contributed by atoms with Crippen molar-refractivity contribution in [3.05, 3.63) is 0 Å². The van der Waals surface area contributed by atoms with E-state index >= 15 is 0 Å². The second-order valence-corrected chi connectivity index (χ2v) is 2.12. The number of hydrogen-bond acceptors (Lipinski definition) is 3. The van der Waals surface area contributed by atoms with Crippen molar-refractivity contribution in [1.82, 2.24) is 0 Å². The minimum absolute atomic E-state index is 0.429. The Labute approximate surface area is 55.5 Å². The van der Waals surface area contributed by atoms with Gasteiger partial charge in [-0.05, 0) is 19.4 Å². The average molecular weight is 133 g/mol. The van der Waals surface area contributed by atoms with E-state index in [2.05, 4.69) is 0 Å². The van der Waals surface area contributed by atoms with Gasteiger partial charge in [-0.15, -0.1) is 0 Å². The molecule has 0 saturated carbocycles. The molecule has 0 aromatic carbocycles. The third-order valence-corrected chi connectivity index (χ3v) is 1.32. The average Bonchev–Trinajstić information content (AvgIpc) is 1.87. The third kappa shape index (κ3) is 3.46. The summed E-state index contributed by atoms with van der Waals surface area (Å²) in [4.78, 5) is 0. The van der Waals surface area contributed by atoms with Crippen LogP contribution in [0.5, 0.6) is 0 Å². The van der Waals surface area contributed by atoms with Crippen LogP contribution in [-0.2, 0) is 0 Å². The Bertz CT molecular complexity index is 68.1. The van der Waals surface area contributed by atoms with Crippen molar-refractivity contribution in [2.75, 3.05) is 6.54 Å². The summed E-state index contributed by atoms with van der Waals surface area (Å²) >= 11 is 0. The normalized spacial score (nSPS) is 17.3. The van der Waals surface area contributed by atoms with E-state index in [1.807, 2.05) is 6.92 Å². The van der Waals surface area contributed by atoms with Gasteiger partial charge in [-0.3, -0.25) is 0 Å². The fourth-order valence-electron chi connectivity index (χ4n) is 0.635. The molecule has 0 aliphatic heterocycles. The molecule has 0 aromatic heterocycles. The molecular formula is C6H15NO2. The Hall–Kier alpha value is -0.120. The van der Waals surface area contributed by atoms with Crippen molar-refractivity contribution in [2.45, 2.75) is 32.0 Å². The summed E-state index contributed by atoms with van der Waals surface area (Å²) in [5.41, 5.74) is 5.15.